The van der Waals surface area contributed by atoms with Crippen LogP contribution >= 0.6 is 11.8 Å². The Morgan fingerprint density at radius 2 is 1.84 bits per heavy atom. The van der Waals surface area contributed by atoms with Crippen LogP contribution in [-0.2, 0) is 19.5 Å². The van der Waals surface area contributed by atoms with E-state index in [9.17, 15) is 18.8 Å². The molecule has 164 valence electrons. The van der Waals surface area contributed by atoms with Gasteiger partial charge in [-0.05, 0) is 18.2 Å². The van der Waals surface area contributed by atoms with Gasteiger partial charge in [-0.2, -0.15) is 0 Å². The number of carbonyl (C=O) groups is 1. The molecule has 0 radical (unpaired) electrons. The van der Waals surface area contributed by atoms with Crippen LogP contribution in [0, 0.1) is 5.82 Å². The number of benzene rings is 1. The predicted molar refractivity (Wildman–Crippen MR) is 117 cm³/mol. The maximum Gasteiger partial charge on any atom is 0.332 e. The van der Waals surface area contributed by atoms with E-state index in [-0.39, 0.29) is 33.9 Å². The summed E-state index contributed by atoms with van der Waals surface area (Å²) in [4.78, 5) is 46.8. The van der Waals surface area contributed by atoms with Crippen molar-refractivity contribution in [3.63, 3.8) is 0 Å². The van der Waals surface area contributed by atoms with Crippen molar-refractivity contribution >= 4 is 28.6 Å². The normalized spacial score (nSPS) is 11.7. The number of methoxy groups -OCH3 is 1. The van der Waals surface area contributed by atoms with Crippen molar-refractivity contribution in [2.24, 2.45) is 14.1 Å². The highest BCUT2D eigenvalue weighted by molar-refractivity contribution is 8.00. The topological polar surface area (TPSA) is 96.1 Å². The van der Waals surface area contributed by atoms with Gasteiger partial charge >= 0.3 is 5.69 Å². The first-order valence-corrected chi connectivity index (χ1v) is 10.4. The Kier molecular flexibility index (Phi) is 6.04. The molecule has 0 N–H and O–H groups in total. The molecular weight excluding hydrogens is 423 g/mol. The Morgan fingerprint density at radius 3 is 2.42 bits per heavy atom. The molecule has 1 aromatic carbocycles. The summed E-state index contributed by atoms with van der Waals surface area (Å²) in [5, 5.41) is 0.463. The summed E-state index contributed by atoms with van der Waals surface area (Å²) in [7, 11) is 4.25. The summed E-state index contributed by atoms with van der Waals surface area (Å²) >= 11 is 1.05. The number of aryl methyl sites for hydroxylation is 1. The molecule has 0 aliphatic carbocycles. The van der Waals surface area contributed by atoms with E-state index in [0.29, 0.717) is 10.9 Å². The molecule has 0 saturated carbocycles. The molecule has 3 aromatic rings. The fourth-order valence-electron chi connectivity index (χ4n) is 2.93. The van der Waals surface area contributed by atoms with E-state index in [1.54, 1.807) is 0 Å². The lowest BCUT2D eigenvalue weighted by atomic mass is 9.96. The third-order valence-electron chi connectivity index (χ3n) is 4.75. The second kappa shape index (κ2) is 8.26. The highest BCUT2D eigenvalue weighted by Crippen LogP contribution is 2.28. The Morgan fingerprint density at radius 1 is 1.16 bits per heavy atom. The average molecular weight is 447 g/mol. The minimum absolute atomic E-state index is 0.0465. The summed E-state index contributed by atoms with van der Waals surface area (Å²) in [5.41, 5.74) is -1.11. The van der Waals surface area contributed by atoms with Crippen LogP contribution in [0.3, 0.4) is 0 Å². The van der Waals surface area contributed by atoms with E-state index >= 15 is 0 Å². The molecule has 0 fully saturated rings. The van der Waals surface area contributed by atoms with Crippen LogP contribution in [0.4, 0.5) is 4.39 Å². The first kappa shape index (κ1) is 22.7. The number of rotatable bonds is 5. The van der Waals surface area contributed by atoms with Crippen molar-refractivity contribution in [3.05, 3.63) is 56.2 Å². The summed E-state index contributed by atoms with van der Waals surface area (Å²) in [6.45, 7) is 5.73. The van der Waals surface area contributed by atoms with Gasteiger partial charge in [0.15, 0.2) is 23.0 Å². The highest BCUT2D eigenvalue weighted by Gasteiger charge is 2.24. The number of Topliss-reactive ketones (excluding diaryl/α,β-unsaturated/α-hetero) is 1. The van der Waals surface area contributed by atoms with Crippen LogP contribution in [0.25, 0.3) is 11.0 Å². The third-order valence-corrected chi connectivity index (χ3v) is 5.73. The van der Waals surface area contributed by atoms with Gasteiger partial charge < -0.3 is 4.74 Å². The summed E-state index contributed by atoms with van der Waals surface area (Å²) in [6.07, 6.45) is 0. The number of aromatic nitrogens is 4. The van der Waals surface area contributed by atoms with E-state index in [1.165, 1.54) is 37.9 Å². The van der Waals surface area contributed by atoms with Gasteiger partial charge in [0.1, 0.15) is 16.2 Å². The standard InChI is InChI=1S/C21H23FN4O4S/c1-21(2,3)19-23-16-15(18(28)26(5)20(29)25(16)4)17(24-19)31-10-13(27)11-7-8-14(30-6)12(22)9-11/h7-9H,10H2,1-6H3. The first-order chi connectivity index (χ1) is 14.5. The molecule has 10 heteroatoms. The molecule has 2 aromatic heterocycles. The lowest BCUT2D eigenvalue weighted by Gasteiger charge is -2.19. The Hall–Kier alpha value is -3.01. The number of halogens is 1. The number of carbonyl (C=O) groups excluding carboxylic acids is 1. The quantitative estimate of drug-likeness (QED) is 0.337. The van der Waals surface area contributed by atoms with E-state index in [1.807, 2.05) is 20.8 Å². The number of hydrogen-bond acceptors (Lipinski definition) is 7. The number of ether oxygens (including phenoxy) is 1. The predicted octanol–water partition coefficient (Wildman–Crippen LogP) is 2.45. The van der Waals surface area contributed by atoms with Gasteiger partial charge in [-0.1, -0.05) is 32.5 Å². The highest BCUT2D eigenvalue weighted by atomic mass is 32.2. The molecule has 31 heavy (non-hydrogen) atoms. The summed E-state index contributed by atoms with van der Waals surface area (Å²) in [5.74, 6) is -0.561. The minimum atomic E-state index is -0.635. The third kappa shape index (κ3) is 4.25. The van der Waals surface area contributed by atoms with Crippen molar-refractivity contribution in [2.75, 3.05) is 12.9 Å². The average Bonchev–Trinajstić information content (AvgIpc) is 2.73. The van der Waals surface area contributed by atoms with Crippen LogP contribution in [0.5, 0.6) is 5.75 Å². The SMILES string of the molecule is COc1ccc(C(=O)CSc2nc(C(C)(C)C)nc3c2c(=O)n(C)c(=O)n3C)cc1F. The molecule has 8 nitrogen and oxygen atoms in total. The molecule has 0 amide bonds. The molecule has 3 rings (SSSR count). The van der Waals surface area contributed by atoms with Crippen LogP contribution in [0.2, 0.25) is 0 Å². The number of thioether (sulfide) groups is 1. The Labute approximate surface area is 182 Å². The minimum Gasteiger partial charge on any atom is -0.494 e. The van der Waals surface area contributed by atoms with Crippen molar-refractivity contribution in [2.45, 2.75) is 31.2 Å². The van der Waals surface area contributed by atoms with Crippen molar-refractivity contribution in [1.29, 1.82) is 0 Å². The maximum absolute atomic E-state index is 14.0. The second-order valence-corrected chi connectivity index (χ2v) is 9.03. The zero-order chi connectivity index (χ0) is 23.1. The van der Waals surface area contributed by atoms with Crippen molar-refractivity contribution < 1.29 is 13.9 Å². The monoisotopic (exact) mass is 446 g/mol. The molecule has 0 unspecified atom stereocenters. The maximum atomic E-state index is 14.0. The van der Waals surface area contributed by atoms with Crippen molar-refractivity contribution in [1.82, 2.24) is 19.1 Å². The lowest BCUT2D eigenvalue weighted by Crippen LogP contribution is -2.38. The zero-order valence-corrected chi connectivity index (χ0v) is 19.0. The fraction of sp³-hybridized carbons (Fsp3) is 0.381. The van der Waals surface area contributed by atoms with Crippen LogP contribution < -0.4 is 16.0 Å². The van der Waals surface area contributed by atoms with E-state index < -0.39 is 22.5 Å². The van der Waals surface area contributed by atoms with E-state index in [2.05, 4.69) is 9.97 Å². The summed E-state index contributed by atoms with van der Waals surface area (Å²) in [6, 6.07) is 3.98. The van der Waals surface area contributed by atoms with Gasteiger partial charge in [-0.25, -0.2) is 19.2 Å². The fourth-order valence-corrected chi connectivity index (χ4v) is 3.83. The van der Waals surface area contributed by atoms with Gasteiger partial charge in [0, 0.05) is 25.1 Å². The van der Waals surface area contributed by atoms with Gasteiger partial charge in [-0.15, -0.1) is 0 Å². The largest absolute Gasteiger partial charge is 0.494 e. The number of hydrogen-bond donors (Lipinski definition) is 0. The molecule has 0 aliphatic heterocycles. The number of nitrogens with zero attached hydrogens (tertiary/aromatic N) is 4. The molecular formula is C21H23FN4O4S. The van der Waals surface area contributed by atoms with E-state index in [0.717, 1.165) is 22.4 Å². The molecule has 2 heterocycles. The Bertz CT molecular complexity index is 1310. The van der Waals surface area contributed by atoms with Gasteiger partial charge in [0.2, 0.25) is 0 Å². The van der Waals surface area contributed by atoms with Gasteiger partial charge in [0.05, 0.1) is 12.9 Å². The second-order valence-electron chi connectivity index (χ2n) is 8.07. The van der Waals surface area contributed by atoms with Crippen molar-refractivity contribution in [3.8, 4) is 5.75 Å². The molecule has 0 aliphatic rings. The first-order valence-electron chi connectivity index (χ1n) is 9.43. The summed E-state index contributed by atoms with van der Waals surface area (Å²) < 4.78 is 21.1. The Balaban J connectivity index is 2.08. The van der Waals surface area contributed by atoms with E-state index in [4.69, 9.17) is 4.74 Å². The number of ketones is 1. The molecule has 0 atom stereocenters. The smallest absolute Gasteiger partial charge is 0.332 e. The molecule has 0 bridgehead atoms. The molecule has 0 spiro atoms. The lowest BCUT2D eigenvalue weighted by molar-refractivity contribution is 0.102. The van der Waals surface area contributed by atoms with Crippen LogP contribution in [0.1, 0.15) is 37.0 Å². The van der Waals surface area contributed by atoms with Gasteiger partial charge in [0.25, 0.3) is 5.56 Å². The molecule has 0 saturated heterocycles. The van der Waals surface area contributed by atoms with Crippen LogP contribution in [0.15, 0.2) is 32.8 Å². The number of fused-ring (bicyclic) bond motifs is 1. The zero-order valence-electron chi connectivity index (χ0n) is 18.1. The van der Waals surface area contributed by atoms with Crippen LogP contribution in [-0.4, -0.2) is 37.7 Å². The van der Waals surface area contributed by atoms with Gasteiger partial charge in [-0.3, -0.25) is 18.7 Å².